The first kappa shape index (κ1) is 17.6. The van der Waals surface area contributed by atoms with Gasteiger partial charge in [0.2, 0.25) is 0 Å². The first-order valence-corrected chi connectivity index (χ1v) is 8.70. The van der Waals surface area contributed by atoms with Crippen LogP contribution < -0.4 is 0 Å². The SMILES string of the molecule is CCC=CCCCC(CCCC)CCS(=O)(=O)O. The molecule has 0 radical (unpaired) electrons. The van der Waals surface area contributed by atoms with Crippen LogP contribution in [0.1, 0.15) is 65.2 Å². The van der Waals surface area contributed by atoms with Gasteiger partial charge in [-0.1, -0.05) is 51.7 Å². The van der Waals surface area contributed by atoms with Crippen molar-refractivity contribution in [3.05, 3.63) is 12.2 Å². The van der Waals surface area contributed by atoms with Crippen molar-refractivity contribution in [1.82, 2.24) is 0 Å². The van der Waals surface area contributed by atoms with Crippen molar-refractivity contribution < 1.29 is 13.0 Å². The van der Waals surface area contributed by atoms with Gasteiger partial charge in [-0.2, -0.15) is 8.42 Å². The Morgan fingerprint density at radius 1 is 1.06 bits per heavy atom. The molecule has 0 saturated carbocycles. The van der Waals surface area contributed by atoms with E-state index in [1.807, 2.05) is 0 Å². The van der Waals surface area contributed by atoms with E-state index in [1.165, 1.54) is 0 Å². The minimum Gasteiger partial charge on any atom is -0.286 e. The third kappa shape index (κ3) is 12.1. The second-order valence-corrected chi connectivity index (χ2v) is 6.47. The zero-order chi connectivity index (χ0) is 13.9. The zero-order valence-electron chi connectivity index (χ0n) is 11.8. The summed E-state index contributed by atoms with van der Waals surface area (Å²) in [5, 5.41) is 0. The van der Waals surface area contributed by atoms with Crippen LogP contribution in [0.3, 0.4) is 0 Å². The fraction of sp³-hybridized carbons (Fsp3) is 0.857. The molecule has 0 aliphatic heterocycles. The molecule has 3 nitrogen and oxygen atoms in total. The summed E-state index contributed by atoms with van der Waals surface area (Å²) < 4.78 is 30.3. The predicted molar refractivity (Wildman–Crippen MR) is 77.3 cm³/mol. The normalized spacial score (nSPS) is 14.2. The Labute approximate surface area is 112 Å². The summed E-state index contributed by atoms with van der Waals surface area (Å²) in [4.78, 5) is 0. The number of unbranched alkanes of at least 4 members (excludes halogenated alkanes) is 2. The summed E-state index contributed by atoms with van der Waals surface area (Å²) in [6.45, 7) is 4.26. The van der Waals surface area contributed by atoms with Gasteiger partial charge in [-0.3, -0.25) is 4.55 Å². The first-order chi connectivity index (χ1) is 8.49. The standard InChI is InChI=1S/C14H28O3S/c1-3-5-7-8-9-11-14(10-6-4-2)12-13-18(15,16)17/h5,7,14H,3-4,6,8-13H2,1-2H3,(H,15,16,17). The fourth-order valence-electron chi connectivity index (χ4n) is 2.05. The van der Waals surface area contributed by atoms with Crippen molar-refractivity contribution in [3.8, 4) is 0 Å². The van der Waals surface area contributed by atoms with Gasteiger partial charge in [-0.15, -0.1) is 0 Å². The summed E-state index contributed by atoms with van der Waals surface area (Å²) in [5.74, 6) is 0.341. The molecule has 0 aromatic heterocycles. The molecule has 0 aromatic carbocycles. The lowest BCUT2D eigenvalue weighted by Gasteiger charge is -2.15. The van der Waals surface area contributed by atoms with E-state index >= 15 is 0 Å². The molecule has 0 fully saturated rings. The number of hydrogen-bond donors (Lipinski definition) is 1. The van der Waals surface area contributed by atoms with Crippen LogP contribution in [0.2, 0.25) is 0 Å². The van der Waals surface area contributed by atoms with Gasteiger partial charge in [0.25, 0.3) is 10.1 Å². The molecule has 0 rings (SSSR count). The van der Waals surface area contributed by atoms with E-state index < -0.39 is 10.1 Å². The molecular weight excluding hydrogens is 248 g/mol. The highest BCUT2D eigenvalue weighted by molar-refractivity contribution is 7.85. The van der Waals surface area contributed by atoms with Gasteiger partial charge in [0, 0.05) is 0 Å². The van der Waals surface area contributed by atoms with Crippen molar-refractivity contribution in [1.29, 1.82) is 0 Å². The Balaban J connectivity index is 3.94. The third-order valence-electron chi connectivity index (χ3n) is 3.14. The van der Waals surface area contributed by atoms with E-state index in [4.69, 9.17) is 4.55 Å². The van der Waals surface area contributed by atoms with Crippen LogP contribution in [0.25, 0.3) is 0 Å². The quantitative estimate of drug-likeness (QED) is 0.349. The molecule has 0 saturated heterocycles. The van der Waals surface area contributed by atoms with E-state index in [-0.39, 0.29) is 5.75 Å². The molecule has 1 atom stereocenters. The molecule has 0 heterocycles. The molecule has 0 bridgehead atoms. The Morgan fingerprint density at radius 3 is 2.28 bits per heavy atom. The summed E-state index contributed by atoms with van der Waals surface area (Å²) in [7, 11) is -3.80. The molecule has 1 unspecified atom stereocenters. The van der Waals surface area contributed by atoms with Crippen molar-refractivity contribution in [2.75, 3.05) is 5.75 Å². The second kappa shape index (κ2) is 10.6. The van der Waals surface area contributed by atoms with Crippen LogP contribution in [0, 0.1) is 5.92 Å². The minimum atomic E-state index is -3.80. The largest absolute Gasteiger partial charge is 0.286 e. The lowest BCUT2D eigenvalue weighted by molar-refractivity contribution is 0.402. The maximum absolute atomic E-state index is 10.8. The van der Waals surface area contributed by atoms with Crippen LogP contribution >= 0.6 is 0 Å². The van der Waals surface area contributed by atoms with Gasteiger partial charge in [0.05, 0.1) is 5.75 Å². The van der Waals surface area contributed by atoms with E-state index in [0.717, 1.165) is 44.9 Å². The Morgan fingerprint density at radius 2 is 1.72 bits per heavy atom. The summed E-state index contributed by atoms with van der Waals surface area (Å²) in [5.41, 5.74) is 0. The monoisotopic (exact) mass is 276 g/mol. The number of allylic oxidation sites excluding steroid dienone is 2. The van der Waals surface area contributed by atoms with Crippen molar-refractivity contribution in [2.24, 2.45) is 5.92 Å². The predicted octanol–water partition coefficient (Wildman–Crippen LogP) is 4.21. The molecule has 0 aliphatic carbocycles. The smallest absolute Gasteiger partial charge is 0.264 e. The second-order valence-electron chi connectivity index (χ2n) is 4.89. The van der Waals surface area contributed by atoms with Gasteiger partial charge < -0.3 is 0 Å². The zero-order valence-corrected chi connectivity index (χ0v) is 12.6. The van der Waals surface area contributed by atoms with Crippen molar-refractivity contribution in [2.45, 2.75) is 65.2 Å². The minimum absolute atomic E-state index is 0.0911. The summed E-state index contributed by atoms with van der Waals surface area (Å²) in [6, 6.07) is 0. The number of rotatable bonds is 11. The lowest BCUT2D eigenvalue weighted by Crippen LogP contribution is -2.10. The van der Waals surface area contributed by atoms with Gasteiger partial charge in [-0.25, -0.2) is 0 Å². The highest BCUT2D eigenvalue weighted by atomic mass is 32.2. The summed E-state index contributed by atoms with van der Waals surface area (Å²) >= 11 is 0. The van der Waals surface area contributed by atoms with Crippen LogP contribution in [0.4, 0.5) is 0 Å². The average molecular weight is 276 g/mol. The summed E-state index contributed by atoms with van der Waals surface area (Å²) in [6.07, 6.45) is 12.6. The maximum Gasteiger partial charge on any atom is 0.264 e. The van der Waals surface area contributed by atoms with Gasteiger partial charge >= 0.3 is 0 Å². The van der Waals surface area contributed by atoms with Gasteiger partial charge in [0.1, 0.15) is 0 Å². The third-order valence-corrected chi connectivity index (χ3v) is 3.89. The average Bonchev–Trinajstić information content (AvgIpc) is 2.30. The number of hydrogen-bond acceptors (Lipinski definition) is 2. The Kier molecular flexibility index (Phi) is 10.4. The fourth-order valence-corrected chi connectivity index (χ4v) is 2.68. The Bertz CT molecular complexity index is 307. The lowest BCUT2D eigenvalue weighted by atomic mass is 9.93. The molecular formula is C14H28O3S. The molecule has 0 aliphatic rings. The van der Waals surface area contributed by atoms with Gasteiger partial charge in [-0.05, 0) is 31.6 Å². The van der Waals surface area contributed by atoms with Crippen LogP contribution in [0.5, 0.6) is 0 Å². The van der Waals surface area contributed by atoms with Crippen molar-refractivity contribution in [3.63, 3.8) is 0 Å². The van der Waals surface area contributed by atoms with E-state index in [0.29, 0.717) is 12.3 Å². The highest BCUT2D eigenvalue weighted by Crippen LogP contribution is 2.20. The molecule has 1 N–H and O–H groups in total. The van der Waals surface area contributed by atoms with Crippen LogP contribution in [-0.2, 0) is 10.1 Å². The maximum atomic E-state index is 10.8. The highest BCUT2D eigenvalue weighted by Gasteiger charge is 2.12. The van der Waals surface area contributed by atoms with E-state index in [1.54, 1.807) is 0 Å². The molecule has 108 valence electrons. The molecule has 18 heavy (non-hydrogen) atoms. The van der Waals surface area contributed by atoms with Crippen LogP contribution in [0.15, 0.2) is 12.2 Å². The first-order valence-electron chi connectivity index (χ1n) is 7.09. The molecule has 0 aromatic rings. The van der Waals surface area contributed by atoms with E-state index in [9.17, 15) is 8.42 Å². The van der Waals surface area contributed by atoms with E-state index in [2.05, 4.69) is 26.0 Å². The molecule has 0 amide bonds. The Hall–Kier alpha value is -0.350. The molecule has 4 heteroatoms. The topological polar surface area (TPSA) is 54.4 Å². The van der Waals surface area contributed by atoms with Crippen molar-refractivity contribution >= 4 is 10.1 Å². The van der Waals surface area contributed by atoms with Crippen LogP contribution in [-0.4, -0.2) is 18.7 Å². The van der Waals surface area contributed by atoms with Gasteiger partial charge in [0.15, 0.2) is 0 Å². The molecule has 0 spiro atoms.